The predicted octanol–water partition coefficient (Wildman–Crippen LogP) is 4.46. The van der Waals surface area contributed by atoms with Crippen LogP contribution in [0.3, 0.4) is 0 Å². The van der Waals surface area contributed by atoms with Crippen LogP contribution in [0, 0.1) is 0 Å². The van der Waals surface area contributed by atoms with Gasteiger partial charge in [0.2, 0.25) is 0 Å². The number of hydrogen-bond acceptors (Lipinski definition) is 5. The second kappa shape index (κ2) is 7.09. The molecule has 3 aromatic rings. The van der Waals surface area contributed by atoms with E-state index in [9.17, 15) is 0 Å². The quantitative estimate of drug-likeness (QED) is 0.693. The lowest BCUT2D eigenvalue weighted by molar-refractivity contribution is 0.194. The minimum absolute atomic E-state index is 0.112. The highest BCUT2D eigenvalue weighted by atomic mass is 35.5. The minimum atomic E-state index is 0.112. The Morgan fingerprint density at radius 1 is 1.04 bits per heavy atom. The van der Waals surface area contributed by atoms with Gasteiger partial charge in [0.25, 0.3) is 0 Å². The second-order valence-electron chi connectivity index (χ2n) is 5.67. The van der Waals surface area contributed by atoms with Gasteiger partial charge in [0.1, 0.15) is 12.5 Å². The van der Waals surface area contributed by atoms with Gasteiger partial charge in [0, 0.05) is 23.1 Å². The highest BCUT2D eigenvalue weighted by molar-refractivity contribution is 6.30. The molecule has 1 fully saturated rings. The first kappa shape index (κ1) is 15.9. The van der Waals surface area contributed by atoms with Crippen LogP contribution in [0.25, 0.3) is 0 Å². The Kier molecular flexibility index (Phi) is 4.50. The monoisotopic (exact) mass is 353 g/mol. The number of halogens is 1. The maximum absolute atomic E-state index is 5.99. The van der Waals surface area contributed by atoms with Crippen LogP contribution in [0.15, 0.2) is 67.0 Å². The van der Waals surface area contributed by atoms with E-state index < -0.39 is 0 Å². The lowest BCUT2D eigenvalue weighted by Gasteiger charge is -2.25. The fourth-order valence-electron chi connectivity index (χ4n) is 2.83. The van der Waals surface area contributed by atoms with Gasteiger partial charge in [0.05, 0.1) is 12.6 Å². The number of hydrogen-bond donors (Lipinski definition) is 0. The first-order valence-electron chi connectivity index (χ1n) is 7.94. The molecule has 0 aliphatic carbocycles. The lowest BCUT2D eigenvalue weighted by atomic mass is 10.1. The number of rotatable bonds is 4. The van der Waals surface area contributed by atoms with Crippen LogP contribution in [0.5, 0.6) is 11.8 Å². The van der Waals surface area contributed by atoms with Gasteiger partial charge in [-0.1, -0.05) is 23.7 Å². The van der Waals surface area contributed by atoms with Crippen LogP contribution in [0.1, 0.15) is 11.6 Å². The molecule has 1 aliphatic rings. The molecule has 1 atom stereocenters. The largest absolute Gasteiger partial charge is 0.424 e. The molecule has 4 rings (SSSR count). The zero-order valence-electron chi connectivity index (χ0n) is 13.4. The molecule has 2 aromatic carbocycles. The average molecular weight is 354 g/mol. The van der Waals surface area contributed by atoms with Crippen molar-refractivity contribution in [1.82, 2.24) is 9.97 Å². The zero-order valence-corrected chi connectivity index (χ0v) is 14.1. The number of aromatic nitrogens is 2. The van der Waals surface area contributed by atoms with E-state index in [0.717, 1.165) is 16.3 Å². The van der Waals surface area contributed by atoms with Crippen molar-refractivity contribution in [3.8, 4) is 11.8 Å². The summed E-state index contributed by atoms with van der Waals surface area (Å²) in [6.45, 7) is 1.16. The number of nitrogens with zero attached hydrogens (tertiary/aromatic N) is 3. The molecule has 0 saturated carbocycles. The molecule has 0 bridgehead atoms. The summed E-state index contributed by atoms with van der Waals surface area (Å²) < 4.78 is 11.4. The van der Waals surface area contributed by atoms with E-state index in [1.165, 1.54) is 0 Å². The summed E-state index contributed by atoms with van der Waals surface area (Å²) in [7, 11) is 0. The van der Waals surface area contributed by atoms with Crippen LogP contribution in [-0.4, -0.2) is 23.3 Å². The molecule has 0 radical (unpaired) electrons. The molecule has 0 unspecified atom stereocenters. The van der Waals surface area contributed by atoms with Gasteiger partial charge >= 0.3 is 6.01 Å². The summed E-state index contributed by atoms with van der Waals surface area (Å²) in [5.74, 6) is 0.701. The van der Waals surface area contributed by atoms with Crippen molar-refractivity contribution >= 4 is 17.3 Å². The maximum atomic E-state index is 5.99. The van der Waals surface area contributed by atoms with Crippen molar-refractivity contribution < 1.29 is 9.47 Å². The summed E-state index contributed by atoms with van der Waals surface area (Å²) in [5, 5.41) is 0.721. The summed E-state index contributed by atoms with van der Waals surface area (Å²) in [6.07, 6.45) is 3.30. The fraction of sp³-hybridized carbons (Fsp3) is 0.158. The van der Waals surface area contributed by atoms with Crippen molar-refractivity contribution in [1.29, 1.82) is 0 Å². The van der Waals surface area contributed by atoms with Gasteiger partial charge in [-0.3, -0.25) is 0 Å². The third-order valence-corrected chi connectivity index (χ3v) is 4.29. The van der Waals surface area contributed by atoms with Crippen molar-refractivity contribution in [2.24, 2.45) is 0 Å². The van der Waals surface area contributed by atoms with Crippen LogP contribution < -0.4 is 9.64 Å². The summed E-state index contributed by atoms with van der Waals surface area (Å²) in [4.78, 5) is 10.4. The zero-order chi connectivity index (χ0) is 17.1. The highest BCUT2D eigenvalue weighted by Gasteiger charge is 2.27. The molecule has 5 nitrogen and oxygen atoms in total. The summed E-state index contributed by atoms with van der Waals surface area (Å²) in [6, 6.07) is 17.9. The summed E-state index contributed by atoms with van der Waals surface area (Å²) in [5.41, 5.74) is 2.19. The van der Waals surface area contributed by atoms with Crippen LogP contribution in [0.4, 0.5) is 5.69 Å². The predicted molar refractivity (Wildman–Crippen MR) is 96.0 cm³/mol. The van der Waals surface area contributed by atoms with Crippen molar-refractivity contribution in [3.63, 3.8) is 0 Å². The van der Waals surface area contributed by atoms with E-state index in [2.05, 4.69) is 20.9 Å². The van der Waals surface area contributed by atoms with E-state index in [1.807, 2.05) is 42.5 Å². The second-order valence-corrected chi connectivity index (χ2v) is 6.10. The Morgan fingerprint density at radius 2 is 1.84 bits per heavy atom. The van der Waals surface area contributed by atoms with Crippen molar-refractivity contribution in [2.45, 2.75) is 6.04 Å². The molecule has 0 N–H and O–H groups in total. The van der Waals surface area contributed by atoms with Crippen molar-refractivity contribution in [3.05, 3.63) is 77.6 Å². The molecule has 1 saturated heterocycles. The molecule has 25 heavy (non-hydrogen) atoms. The van der Waals surface area contributed by atoms with Gasteiger partial charge in [-0.05, 0) is 48.0 Å². The van der Waals surface area contributed by atoms with Crippen LogP contribution in [-0.2, 0) is 4.74 Å². The Bertz CT molecular complexity index is 843. The first-order valence-corrected chi connectivity index (χ1v) is 8.32. The van der Waals surface area contributed by atoms with E-state index in [-0.39, 0.29) is 6.04 Å². The Morgan fingerprint density at radius 3 is 2.64 bits per heavy atom. The fourth-order valence-corrected chi connectivity index (χ4v) is 2.96. The third-order valence-electron chi connectivity index (χ3n) is 4.03. The first-order chi connectivity index (χ1) is 12.3. The van der Waals surface area contributed by atoms with Crippen LogP contribution >= 0.6 is 11.6 Å². The van der Waals surface area contributed by atoms with Gasteiger partial charge < -0.3 is 14.4 Å². The SMILES string of the molecule is Clc1ccc(N2COC[C@@H]2c2cccc(Oc3ncccn3)c2)cc1. The number of anilines is 1. The molecule has 126 valence electrons. The normalized spacial score (nSPS) is 16.8. The standard InChI is InChI=1S/C19H16ClN3O2/c20-15-5-7-16(8-6-15)23-13-24-12-18(23)14-3-1-4-17(11-14)25-19-21-9-2-10-22-19/h1-11,18H,12-13H2/t18-/m1/s1. The Labute approximate surface area is 150 Å². The molecular formula is C19H16ClN3O2. The molecule has 0 spiro atoms. The van der Waals surface area contributed by atoms with E-state index >= 15 is 0 Å². The molecule has 0 amide bonds. The van der Waals surface area contributed by atoms with Gasteiger partial charge in [-0.25, -0.2) is 9.97 Å². The van der Waals surface area contributed by atoms with E-state index in [4.69, 9.17) is 21.1 Å². The maximum Gasteiger partial charge on any atom is 0.321 e. The minimum Gasteiger partial charge on any atom is -0.424 e. The van der Waals surface area contributed by atoms with Gasteiger partial charge in [-0.2, -0.15) is 0 Å². The van der Waals surface area contributed by atoms with E-state index in [0.29, 0.717) is 25.1 Å². The number of ether oxygens (including phenoxy) is 2. The highest BCUT2D eigenvalue weighted by Crippen LogP contribution is 2.34. The van der Waals surface area contributed by atoms with Crippen molar-refractivity contribution in [2.75, 3.05) is 18.2 Å². The lowest BCUT2D eigenvalue weighted by Crippen LogP contribution is -2.23. The molecule has 2 heterocycles. The molecule has 1 aromatic heterocycles. The Hall–Kier alpha value is -2.63. The molecular weight excluding hydrogens is 338 g/mol. The molecule has 1 aliphatic heterocycles. The van der Waals surface area contributed by atoms with Crippen LogP contribution in [0.2, 0.25) is 5.02 Å². The third kappa shape index (κ3) is 3.57. The average Bonchev–Trinajstić information content (AvgIpc) is 3.13. The number of benzene rings is 2. The van der Waals surface area contributed by atoms with Gasteiger partial charge in [-0.15, -0.1) is 0 Å². The van der Waals surface area contributed by atoms with E-state index in [1.54, 1.807) is 18.5 Å². The molecule has 6 heteroatoms. The summed E-state index contributed by atoms with van der Waals surface area (Å²) >= 11 is 5.99. The smallest absolute Gasteiger partial charge is 0.321 e. The van der Waals surface area contributed by atoms with Gasteiger partial charge in [0.15, 0.2) is 0 Å². The topological polar surface area (TPSA) is 47.5 Å². The Balaban J connectivity index is 1.58.